The molecule has 1 N–H and O–H groups in total. The van der Waals surface area contributed by atoms with Crippen molar-refractivity contribution in [2.24, 2.45) is 0 Å². The smallest absolute Gasteiger partial charge is 0.259 e. The molecule has 1 aliphatic heterocycles. The van der Waals surface area contributed by atoms with Gasteiger partial charge in [0.15, 0.2) is 11.5 Å². The Balaban J connectivity index is 1.91. The number of carbonyl (C=O) groups excluding carboxylic acids is 1. The van der Waals surface area contributed by atoms with Gasteiger partial charge in [0.1, 0.15) is 24.8 Å². The van der Waals surface area contributed by atoms with Gasteiger partial charge in [0, 0.05) is 6.07 Å². The number of para-hydroxylation sites is 1. The molecule has 4 nitrogen and oxygen atoms in total. The molecule has 0 spiro atoms. The molecule has 108 valence electrons. The highest BCUT2D eigenvalue weighted by molar-refractivity contribution is 6.06. The minimum absolute atomic E-state index is 0.205. The summed E-state index contributed by atoms with van der Waals surface area (Å²) in [6.07, 6.45) is 0. The molecular formula is C15H11F2NO3. The monoisotopic (exact) mass is 291 g/mol. The highest BCUT2D eigenvalue weighted by atomic mass is 19.1. The van der Waals surface area contributed by atoms with Gasteiger partial charge in [-0.25, -0.2) is 8.78 Å². The molecule has 2 aromatic carbocycles. The Hall–Kier alpha value is -2.63. The molecule has 1 amide bonds. The lowest BCUT2D eigenvalue weighted by atomic mass is 10.1. The number of ether oxygens (including phenoxy) is 2. The molecule has 0 aliphatic carbocycles. The molecule has 0 saturated heterocycles. The SMILES string of the molecule is O=C(Nc1cc(F)ccc1F)c1cccc2c1OCCO2. The van der Waals surface area contributed by atoms with E-state index in [4.69, 9.17) is 9.47 Å². The number of hydrogen-bond donors (Lipinski definition) is 1. The Morgan fingerprint density at radius 3 is 2.76 bits per heavy atom. The molecule has 0 radical (unpaired) electrons. The minimum atomic E-state index is -0.716. The van der Waals surface area contributed by atoms with E-state index in [2.05, 4.69) is 5.32 Å². The number of hydrogen-bond acceptors (Lipinski definition) is 3. The van der Waals surface area contributed by atoms with E-state index in [9.17, 15) is 13.6 Å². The van der Waals surface area contributed by atoms with Gasteiger partial charge in [-0.15, -0.1) is 0 Å². The predicted molar refractivity (Wildman–Crippen MR) is 71.7 cm³/mol. The summed E-state index contributed by atoms with van der Waals surface area (Å²) >= 11 is 0. The molecule has 1 aliphatic rings. The van der Waals surface area contributed by atoms with Crippen LogP contribution in [0.4, 0.5) is 14.5 Å². The molecule has 0 fully saturated rings. The van der Waals surface area contributed by atoms with Gasteiger partial charge in [-0.2, -0.15) is 0 Å². The average Bonchev–Trinajstić information content (AvgIpc) is 2.50. The van der Waals surface area contributed by atoms with Gasteiger partial charge >= 0.3 is 0 Å². The molecule has 0 saturated carbocycles. The third-order valence-electron chi connectivity index (χ3n) is 2.99. The Morgan fingerprint density at radius 2 is 1.90 bits per heavy atom. The van der Waals surface area contributed by atoms with Crippen LogP contribution in [0.1, 0.15) is 10.4 Å². The fourth-order valence-electron chi connectivity index (χ4n) is 2.04. The van der Waals surface area contributed by atoms with E-state index in [-0.39, 0.29) is 11.3 Å². The number of anilines is 1. The fourth-order valence-corrected chi connectivity index (χ4v) is 2.04. The largest absolute Gasteiger partial charge is 0.486 e. The van der Waals surface area contributed by atoms with Crippen molar-refractivity contribution in [3.05, 3.63) is 53.6 Å². The van der Waals surface area contributed by atoms with Crippen LogP contribution in [0.15, 0.2) is 36.4 Å². The van der Waals surface area contributed by atoms with Crippen LogP contribution in [0.3, 0.4) is 0 Å². The first-order valence-electron chi connectivity index (χ1n) is 6.30. The van der Waals surface area contributed by atoms with E-state index in [1.54, 1.807) is 12.1 Å². The summed E-state index contributed by atoms with van der Waals surface area (Å²) in [5.41, 5.74) is -0.0230. The molecular weight excluding hydrogens is 280 g/mol. The van der Waals surface area contributed by atoms with Gasteiger partial charge < -0.3 is 14.8 Å². The van der Waals surface area contributed by atoms with Crippen molar-refractivity contribution < 1.29 is 23.0 Å². The van der Waals surface area contributed by atoms with Crippen molar-refractivity contribution >= 4 is 11.6 Å². The van der Waals surface area contributed by atoms with E-state index < -0.39 is 17.5 Å². The topological polar surface area (TPSA) is 47.6 Å². The second kappa shape index (κ2) is 5.40. The zero-order valence-corrected chi connectivity index (χ0v) is 10.9. The summed E-state index contributed by atoms with van der Waals surface area (Å²) in [4.78, 5) is 12.2. The molecule has 0 bridgehead atoms. The Morgan fingerprint density at radius 1 is 1.10 bits per heavy atom. The van der Waals surface area contributed by atoms with Crippen LogP contribution in [0.2, 0.25) is 0 Å². The van der Waals surface area contributed by atoms with E-state index in [1.165, 1.54) is 6.07 Å². The van der Waals surface area contributed by atoms with Crippen LogP contribution in [-0.2, 0) is 0 Å². The van der Waals surface area contributed by atoms with Crippen molar-refractivity contribution in [2.75, 3.05) is 18.5 Å². The highest BCUT2D eigenvalue weighted by Gasteiger charge is 2.21. The maximum absolute atomic E-state index is 13.5. The average molecular weight is 291 g/mol. The molecule has 0 unspecified atom stereocenters. The normalized spacial score (nSPS) is 12.9. The zero-order valence-electron chi connectivity index (χ0n) is 10.9. The van der Waals surface area contributed by atoms with Crippen molar-refractivity contribution in [3.8, 4) is 11.5 Å². The summed E-state index contributed by atoms with van der Waals surface area (Å²) in [5, 5.41) is 2.33. The Labute approximate surface area is 119 Å². The quantitative estimate of drug-likeness (QED) is 0.925. The number of fused-ring (bicyclic) bond motifs is 1. The first kappa shape index (κ1) is 13.4. The first-order valence-corrected chi connectivity index (χ1v) is 6.30. The Bertz CT molecular complexity index is 703. The van der Waals surface area contributed by atoms with E-state index in [1.807, 2.05) is 0 Å². The first-order chi connectivity index (χ1) is 10.1. The number of benzene rings is 2. The van der Waals surface area contributed by atoms with Crippen molar-refractivity contribution in [3.63, 3.8) is 0 Å². The second-order valence-corrected chi connectivity index (χ2v) is 4.41. The van der Waals surface area contributed by atoms with Crippen LogP contribution in [0, 0.1) is 11.6 Å². The summed E-state index contributed by atoms with van der Waals surface area (Å²) < 4.78 is 37.4. The number of carbonyl (C=O) groups is 1. The van der Waals surface area contributed by atoms with Crippen LogP contribution in [0.25, 0.3) is 0 Å². The summed E-state index contributed by atoms with van der Waals surface area (Å²) in [6.45, 7) is 0.724. The number of amides is 1. The lowest BCUT2D eigenvalue weighted by Gasteiger charge is -2.20. The summed E-state index contributed by atoms with van der Waals surface area (Å²) in [5.74, 6) is -1.19. The Kier molecular flexibility index (Phi) is 3.43. The van der Waals surface area contributed by atoms with Gasteiger partial charge in [0.2, 0.25) is 0 Å². The zero-order chi connectivity index (χ0) is 14.8. The number of halogens is 2. The van der Waals surface area contributed by atoms with Gasteiger partial charge in [-0.05, 0) is 24.3 Å². The lowest BCUT2D eigenvalue weighted by molar-refractivity contribution is 0.101. The van der Waals surface area contributed by atoms with E-state index >= 15 is 0 Å². The van der Waals surface area contributed by atoms with Gasteiger partial charge in [0.05, 0.1) is 11.3 Å². The third-order valence-corrected chi connectivity index (χ3v) is 2.99. The maximum atomic E-state index is 13.5. The van der Waals surface area contributed by atoms with E-state index in [0.29, 0.717) is 24.7 Å². The molecule has 0 aromatic heterocycles. The van der Waals surface area contributed by atoms with Gasteiger partial charge in [-0.1, -0.05) is 6.07 Å². The predicted octanol–water partition coefficient (Wildman–Crippen LogP) is 2.99. The maximum Gasteiger partial charge on any atom is 0.259 e. The van der Waals surface area contributed by atoms with Crippen LogP contribution in [0.5, 0.6) is 11.5 Å². The van der Waals surface area contributed by atoms with Crippen molar-refractivity contribution in [1.82, 2.24) is 0 Å². The highest BCUT2D eigenvalue weighted by Crippen LogP contribution is 2.34. The van der Waals surface area contributed by atoms with Crippen molar-refractivity contribution in [1.29, 1.82) is 0 Å². The third kappa shape index (κ3) is 2.65. The van der Waals surface area contributed by atoms with Crippen LogP contribution in [-0.4, -0.2) is 19.1 Å². The number of rotatable bonds is 2. The van der Waals surface area contributed by atoms with Crippen LogP contribution < -0.4 is 14.8 Å². The second-order valence-electron chi connectivity index (χ2n) is 4.41. The summed E-state index contributed by atoms with van der Waals surface area (Å²) in [6, 6.07) is 7.68. The van der Waals surface area contributed by atoms with Crippen molar-refractivity contribution in [2.45, 2.75) is 0 Å². The molecule has 3 rings (SSSR count). The standard InChI is InChI=1S/C15H11F2NO3/c16-9-4-5-11(17)12(8-9)18-15(19)10-2-1-3-13-14(10)21-7-6-20-13/h1-5,8H,6-7H2,(H,18,19). The number of nitrogens with one attached hydrogen (secondary N) is 1. The minimum Gasteiger partial charge on any atom is -0.486 e. The van der Waals surface area contributed by atoms with Gasteiger partial charge in [-0.3, -0.25) is 4.79 Å². The molecule has 0 atom stereocenters. The van der Waals surface area contributed by atoms with Gasteiger partial charge in [0.25, 0.3) is 5.91 Å². The summed E-state index contributed by atoms with van der Waals surface area (Å²) in [7, 11) is 0. The van der Waals surface area contributed by atoms with E-state index in [0.717, 1.165) is 18.2 Å². The lowest BCUT2D eigenvalue weighted by Crippen LogP contribution is -2.20. The fraction of sp³-hybridized carbons (Fsp3) is 0.133. The molecule has 6 heteroatoms. The van der Waals surface area contributed by atoms with Crippen LogP contribution >= 0.6 is 0 Å². The molecule has 2 aromatic rings. The molecule has 1 heterocycles. The molecule has 21 heavy (non-hydrogen) atoms.